The van der Waals surface area contributed by atoms with E-state index in [0.29, 0.717) is 32.0 Å². The Balaban J connectivity index is 1.62. The molecule has 1 saturated carbocycles. The third-order valence-electron chi connectivity index (χ3n) is 5.56. The molecule has 1 aliphatic carbocycles. The van der Waals surface area contributed by atoms with Gasteiger partial charge in [0.05, 0.1) is 12.2 Å². The molecule has 0 amide bonds. The lowest BCUT2D eigenvalue weighted by Gasteiger charge is -2.45. The molecule has 2 saturated heterocycles. The number of hydrogen-bond donors (Lipinski definition) is 0. The minimum Gasteiger partial charge on any atom is -0.394 e. The van der Waals surface area contributed by atoms with Gasteiger partial charge in [-0.3, -0.25) is 0 Å². The molecule has 24 heavy (non-hydrogen) atoms. The predicted molar refractivity (Wildman–Crippen MR) is 93.9 cm³/mol. The van der Waals surface area contributed by atoms with Crippen molar-refractivity contribution in [1.29, 1.82) is 0 Å². The van der Waals surface area contributed by atoms with Crippen LogP contribution in [0.2, 0.25) is 12.1 Å². The molecular formula is C18H34O5Si. The van der Waals surface area contributed by atoms with Gasteiger partial charge in [-0.15, -0.1) is 0 Å². The fraction of sp³-hybridized carbons (Fsp3) is 1.00. The van der Waals surface area contributed by atoms with E-state index in [2.05, 4.69) is 6.92 Å². The van der Waals surface area contributed by atoms with Gasteiger partial charge in [-0.05, 0) is 70.9 Å². The number of rotatable bonds is 9. The SMILES string of the molecule is CCOC1(OCC)CCC[Si](CCC2CCC3OC3C2)(OCC)O1. The molecule has 5 nitrogen and oxygen atoms in total. The van der Waals surface area contributed by atoms with Crippen LogP contribution in [0.25, 0.3) is 0 Å². The van der Waals surface area contributed by atoms with Crippen molar-refractivity contribution in [2.45, 2.75) is 89.6 Å². The maximum absolute atomic E-state index is 6.55. The van der Waals surface area contributed by atoms with Crippen molar-refractivity contribution < 1.29 is 23.1 Å². The summed E-state index contributed by atoms with van der Waals surface area (Å²) >= 11 is 0. The Morgan fingerprint density at radius 3 is 2.50 bits per heavy atom. The maximum atomic E-state index is 6.55. The van der Waals surface area contributed by atoms with E-state index < -0.39 is 14.5 Å². The van der Waals surface area contributed by atoms with Crippen LogP contribution in [0.5, 0.6) is 0 Å². The first-order valence-electron chi connectivity index (χ1n) is 9.91. The van der Waals surface area contributed by atoms with E-state index in [0.717, 1.165) is 30.8 Å². The van der Waals surface area contributed by atoms with Gasteiger partial charge in [0.2, 0.25) is 0 Å². The summed E-state index contributed by atoms with van der Waals surface area (Å²) in [5, 5.41) is 0. The van der Waals surface area contributed by atoms with Gasteiger partial charge in [0.1, 0.15) is 0 Å². The van der Waals surface area contributed by atoms with Gasteiger partial charge in [-0.2, -0.15) is 0 Å². The van der Waals surface area contributed by atoms with E-state index in [9.17, 15) is 0 Å². The van der Waals surface area contributed by atoms with E-state index >= 15 is 0 Å². The quantitative estimate of drug-likeness (QED) is 0.355. The van der Waals surface area contributed by atoms with E-state index in [4.69, 9.17) is 23.1 Å². The molecule has 0 spiro atoms. The second kappa shape index (κ2) is 8.14. The number of fused-ring (bicyclic) bond motifs is 1. The van der Waals surface area contributed by atoms with Crippen LogP contribution in [0.1, 0.15) is 59.3 Å². The van der Waals surface area contributed by atoms with Crippen molar-refractivity contribution in [3.63, 3.8) is 0 Å². The Kier molecular flexibility index (Phi) is 6.38. The molecule has 0 aromatic rings. The van der Waals surface area contributed by atoms with E-state index in [1.807, 2.05) is 13.8 Å². The zero-order chi connectivity index (χ0) is 17.0. The Hall–Kier alpha value is 0.0169. The average molecular weight is 359 g/mol. The summed E-state index contributed by atoms with van der Waals surface area (Å²) in [6.45, 7) is 7.96. The maximum Gasteiger partial charge on any atom is 0.342 e. The molecule has 4 atom stereocenters. The van der Waals surface area contributed by atoms with Crippen LogP contribution in [0.3, 0.4) is 0 Å². The molecule has 2 aliphatic heterocycles. The second-order valence-electron chi connectivity index (χ2n) is 7.28. The van der Waals surface area contributed by atoms with Gasteiger partial charge >= 0.3 is 8.56 Å². The first-order chi connectivity index (χ1) is 11.6. The lowest BCUT2D eigenvalue weighted by molar-refractivity contribution is -0.358. The Labute approximate surface area is 147 Å². The van der Waals surface area contributed by atoms with Crippen molar-refractivity contribution in [3.05, 3.63) is 0 Å². The van der Waals surface area contributed by atoms with Crippen molar-refractivity contribution in [2.24, 2.45) is 5.92 Å². The summed E-state index contributed by atoms with van der Waals surface area (Å²) in [5.74, 6) is -0.113. The summed E-state index contributed by atoms with van der Waals surface area (Å²) in [7, 11) is -2.28. The average Bonchev–Trinajstić information content (AvgIpc) is 3.33. The highest BCUT2D eigenvalue weighted by atomic mass is 28.4. The lowest BCUT2D eigenvalue weighted by atomic mass is 9.88. The van der Waals surface area contributed by atoms with Crippen LogP contribution in [0.4, 0.5) is 0 Å². The minimum atomic E-state index is -2.28. The van der Waals surface area contributed by atoms with Crippen LogP contribution in [-0.2, 0) is 23.1 Å². The molecular weight excluding hydrogens is 324 g/mol. The highest BCUT2D eigenvalue weighted by Gasteiger charge is 2.52. The molecule has 0 bridgehead atoms. The highest BCUT2D eigenvalue weighted by molar-refractivity contribution is 6.67. The largest absolute Gasteiger partial charge is 0.394 e. The molecule has 3 fully saturated rings. The topological polar surface area (TPSA) is 49.5 Å². The molecule has 0 N–H and O–H groups in total. The predicted octanol–water partition coefficient (Wildman–Crippen LogP) is 3.96. The van der Waals surface area contributed by atoms with Crippen molar-refractivity contribution >= 4 is 8.56 Å². The Morgan fingerprint density at radius 1 is 1.04 bits per heavy atom. The zero-order valence-electron chi connectivity index (χ0n) is 15.6. The highest BCUT2D eigenvalue weighted by Crippen LogP contribution is 2.44. The molecule has 0 aromatic carbocycles. The van der Waals surface area contributed by atoms with Crippen molar-refractivity contribution in [1.82, 2.24) is 0 Å². The summed E-state index contributed by atoms with van der Waals surface area (Å²) < 4.78 is 30.3. The summed E-state index contributed by atoms with van der Waals surface area (Å²) in [5.41, 5.74) is 0. The molecule has 6 heteroatoms. The van der Waals surface area contributed by atoms with Gasteiger partial charge < -0.3 is 23.1 Å². The summed E-state index contributed by atoms with van der Waals surface area (Å²) in [4.78, 5) is 0. The first kappa shape index (κ1) is 18.8. The molecule has 0 aromatic heterocycles. The zero-order valence-corrected chi connectivity index (χ0v) is 16.6. The standard InChI is InChI=1S/C18H34O5Si/c1-4-19-18(20-5-2)11-7-12-24(23-18,21-6-3)13-10-15-8-9-16-17(14-15)22-16/h15-17H,4-14H2,1-3H3. The van der Waals surface area contributed by atoms with E-state index in [1.165, 1.54) is 25.7 Å². The van der Waals surface area contributed by atoms with Gasteiger partial charge in [-0.1, -0.05) is 0 Å². The van der Waals surface area contributed by atoms with Gasteiger partial charge in [0, 0.05) is 26.2 Å². The van der Waals surface area contributed by atoms with Gasteiger partial charge in [0.25, 0.3) is 5.97 Å². The van der Waals surface area contributed by atoms with Crippen LogP contribution >= 0.6 is 0 Å². The van der Waals surface area contributed by atoms with E-state index in [1.54, 1.807) is 0 Å². The molecule has 2 heterocycles. The fourth-order valence-corrected chi connectivity index (χ4v) is 8.11. The molecule has 4 unspecified atom stereocenters. The van der Waals surface area contributed by atoms with Crippen LogP contribution in [0.15, 0.2) is 0 Å². The minimum absolute atomic E-state index is 0.548. The summed E-state index contributed by atoms with van der Waals surface area (Å²) in [6, 6.07) is 2.10. The first-order valence-corrected chi connectivity index (χ1v) is 12.1. The van der Waals surface area contributed by atoms with Crippen LogP contribution in [0, 0.1) is 5.92 Å². The lowest BCUT2D eigenvalue weighted by Crippen LogP contribution is -2.56. The molecule has 3 aliphatic rings. The van der Waals surface area contributed by atoms with Crippen molar-refractivity contribution in [3.8, 4) is 0 Å². The number of ether oxygens (including phenoxy) is 3. The fourth-order valence-electron chi connectivity index (χ4n) is 4.43. The van der Waals surface area contributed by atoms with Crippen LogP contribution in [-0.4, -0.2) is 46.6 Å². The molecule has 3 rings (SSSR count). The monoisotopic (exact) mass is 358 g/mol. The normalized spacial score (nSPS) is 37.9. The number of hydrogen-bond acceptors (Lipinski definition) is 5. The third kappa shape index (κ3) is 4.40. The smallest absolute Gasteiger partial charge is 0.342 e. The van der Waals surface area contributed by atoms with Crippen molar-refractivity contribution in [2.75, 3.05) is 19.8 Å². The number of epoxide rings is 1. The molecule has 0 radical (unpaired) electrons. The Morgan fingerprint density at radius 2 is 1.83 bits per heavy atom. The van der Waals surface area contributed by atoms with E-state index in [-0.39, 0.29) is 0 Å². The summed E-state index contributed by atoms with van der Waals surface area (Å²) in [6.07, 6.45) is 7.93. The molecule has 140 valence electrons. The van der Waals surface area contributed by atoms with Gasteiger partial charge in [-0.25, -0.2) is 0 Å². The van der Waals surface area contributed by atoms with Gasteiger partial charge in [0.15, 0.2) is 0 Å². The Bertz CT molecular complexity index is 391. The third-order valence-corrected chi connectivity index (χ3v) is 9.23. The van der Waals surface area contributed by atoms with Crippen LogP contribution < -0.4 is 0 Å². The second-order valence-corrected chi connectivity index (χ2v) is 10.6.